The standard InChI is InChI=1S/C15H21N3O3/c1-2-21-15(20)18-8-5-13(6-9-18)14(19)17-11-12-4-3-7-16-10-12/h3-4,7,10,13H,2,5-6,8-9,11H2,1H3,(H,17,19). The minimum atomic E-state index is -0.285. The highest BCUT2D eigenvalue weighted by atomic mass is 16.6. The fourth-order valence-corrected chi connectivity index (χ4v) is 2.38. The van der Waals surface area contributed by atoms with Crippen molar-refractivity contribution in [2.75, 3.05) is 19.7 Å². The van der Waals surface area contributed by atoms with Gasteiger partial charge in [0.05, 0.1) is 6.61 Å². The lowest BCUT2D eigenvalue weighted by Gasteiger charge is -2.30. The summed E-state index contributed by atoms with van der Waals surface area (Å²) in [6.45, 7) is 3.80. The van der Waals surface area contributed by atoms with Crippen molar-refractivity contribution in [1.82, 2.24) is 15.2 Å². The third kappa shape index (κ3) is 4.44. The number of nitrogens with zero attached hydrogens (tertiary/aromatic N) is 2. The summed E-state index contributed by atoms with van der Waals surface area (Å²) >= 11 is 0. The fourth-order valence-electron chi connectivity index (χ4n) is 2.38. The van der Waals surface area contributed by atoms with Crippen molar-refractivity contribution < 1.29 is 14.3 Å². The fraction of sp³-hybridized carbons (Fsp3) is 0.533. The first-order valence-electron chi connectivity index (χ1n) is 7.29. The van der Waals surface area contributed by atoms with Crippen LogP contribution in [0.3, 0.4) is 0 Å². The predicted molar refractivity (Wildman–Crippen MR) is 77.4 cm³/mol. The first-order chi connectivity index (χ1) is 10.2. The van der Waals surface area contributed by atoms with E-state index in [-0.39, 0.29) is 17.9 Å². The zero-order valence-corrected chi connectivity index (χ0v) is 12.2. The minimum absolute atomic E-state index is 0.0349. The van der Waals surface area contributed by atoms with E-state index >= 15 is 0 Å². The maximum absolute atomic E-state index is 12.1. The highest BCUT2D eigenvalue weighted by molar-refractivity contribution is 5.79. The van der Waals surface area contributed by atoms with E-state index in [1.165, 1.54) is 0 Å². The van der Waals surface area contributed by atoms with Gasteiger partial charge in [0, 0.05) is 37.9 Å². The summed E-state index contributed by atoms with van der Waals surface area (Å²) in [4.78, 5) is 29.4. The number of carbonyl (C=O) groups is 2. The Hall–Kier alpha value is -2.11. The van der Waals surface area contributed by atoms with Gasteiger partial charge >= 0.3 is 6.09 Å². The molecule has 2 heterocycles. The summed E-state index contributed by atoms with van der Waals surface area (Å²) < 4.78 is 4.96. The Morgan fingerprint density at radius 2 is 2.19 bits per heavy atom. The van der Waals surface area contributed by atoms with Crippen LogP contribution in [-0.4, -0.2) is 41.6 Å². The molecule has 2 amide bonds. The summed E-state index contributed by atoms with van der Waals surface area (Å²) in [7, 11) is 0. The molecule has 0 spiro atoms. The monoisotopic (exact) mass is 291 g/mol. The Labute approximate surface area is 124 Å². The van der Waals surface area contributed by atoms with Crippen molar-refractivity contribution in [3.05, 3.63) is 30.1 Å². The van der Waals surface area contributed by atoms with Crippen molar-refractivity contribution >= 4 is 12.0 Å². The molecule has 1 N–H and O–H groups in total. The maximum Gasteiger partial charge on any atom is 0.409 e. The van der Waals surface area contributed by atoms with Gasteiger partial charge in [-0.3, -0.25) is 9.78 Å². The van der Waals surface area contributed by atoms with Crippen molar-refractivity contribution in [2.45, 2.75) is 26.3 Å². The first-order valence-corrected chi connectivity index (χ1v) is 7.29. The molecule has 21 heavy (non-hydrogen) atoms. The molecule has 1 aromatic heterocycles. The molecule has 1 aromatic rings. The van der Waals surface area contributed by atoms with Crippen molar-refractivity contribution in [3.63, 3.8) is 0 Å². The largest absolute Gasteiger partial charge is 0.450 e. The van der Waals surface area contributed by atoms with Crippen LogP contribution in [0.15, 0.2) is 24.5 Å². The second-order valence-electron chi connectivity index (χ2n) is 5.04. The molecule has 0 aromatic carbocycles. The molecule has 1 fully saturated rings. The van der Waals surface area contributed by atoms with Crippen molar-refractivity contribution in [2.24, 2.45) is 5.92 Å². The van der Waals surface area contributed by atoms with Crippen LogP contribution in [-0.2, 0) is 16.1 Å². The number of aromatic nitrogens is 1. The maximum atomic E-state index is 12.1. The number of carbonyl (C=O) groups excluding carboxylic acids is 2. The third-order valence-corrected chi connectivity index (χ3v) is 3.58. The van der Waals surface area contributed by atoms with E-state index in [9.17, 15) is 9.59 Å². The zero-order chi connectivity index (χ0) is 15.1. The molecular weight excluding hydrogens is 270 g/mol. The van der Waals surface area contributed by atoms with E-state index < -0.39 is 0 Å². The summed E-state index contributed by atoms with van der Waals surface area (Å²) in [5.41, 5.74) is 0.981. The van der Waals surface area contributed by atoms with Gasteiger partial charge in [-0.15, -0.1) is 0 Å². The molecule has 0 atom stereocenters. The number of pyridine rings is 1. The first kappa shape index (κ1) is 15.3. The van der Waals surface area contributed by atoms with Gasteiger partial charge in [0.1, 0.15) is 0 Å². The Kier molecular flexibility index (Phi) is 5.54. The molecule has 0 saturated carbocycles. The second kappa shape index (κ2) is 7.61. The van der Waals surface area contributed by atoms with Gasteiger partial charge in [-0.2, -0.15) is 0 Å². The van der Waals surface area contributed by atoms with Crippen LogP contribution >= 0.6 is 0 Å². The SMILES string of the molecule is CCOC(=O)N1CCC(C(=O)NCc2cccnc2)CC1. The van der Waals surface area contributed by atoms with Crippen LogP contribution in [0.25, 0.3) is 0 Å². The molecule has 0 unspecified atom stereocenters. The normalized spacial score (nSPS) is 15.6. The van der Waals surface area contributed by atoms with E-state index in [4.69, 9.17) is 4.74 Å². The van der Waals surface area contributed by atoms with Gasteiger partial charge in [0.25, 0.3) is 0 Å². The molecule has 2 rings (SSSR count). The molecule has 1 aliphatic heterocycles. The molecule has 6 heteroatoms. The van der Waals surface area contributed by atoms with E-state index in [0.29, 0.717) is 39.1 Å². The van der Waals surface area contributed by atoms with Crippen molar-refractivity contribution in [3.8, 4) is 0 Å². The Bertz CT molecular complexity index is 470. The quantitative estimate of drug-likeness (QED) is 0.914. The van der Waals surface area contributed by atoms with Crippen LogP contribution in [0.2, 0.25) is 0 Å². The summed E-state index contributed by atoms with van der Waals surface area (Å²) in [5, 5.41) is 2.92. The smallest absolute Gasteiger partial charge is 0.409 e. The molecule has 0 radical (unpaired) electrons. The number of piperidine rings is 1. The van der Waals surface area contributed by atoms with Gasteiger partial charge in [-0.05, 0) is 31.4 Å². The molecule has 0 aliphatic carbocycles. The predicted octanol–water partition coefficient (Wildman–Crippen LogP) is 1.57. The van der Waals surface area contributed by atoms with Gasteiger partial charge < -0.3 is 15.0 Å². The Morgan fingerprint density at radius 3 is 2.81 bits per heavy atom. The molecule has 114 valence electrons. The van der Waals surface area contributed by atoms with Gasteiger partial charge in [-0.1, -0.05) is 6.07 Å². The van der Waals surface area contributed by atoms with Crippen LogP contribution in [0, 0.1) is 5.92 Å². The molecule has 1 saturated heterocycles. The summed E-state index contributed by atoms with van der Waals surface area (Å²) in [6.07, 6.45) is 4.52. The molecule has 0 bridgehead atoms. The van der Waals surface area contributed by atoms with E-state index in [2.05, 4.69) is 10.3 Å². The zero-order valence-electron chi connectivity index (χ0n) is 12.2. The van der Waals surface area contributed by atoms with Crippen molar-refractivity contribution in [1.29, 1.82) is 0 Å². The number of rotatable bonds is 4. The molecule has 6 nitrogen and oxygen atoms in total. The average Bonchev–Trinajstić information content (AvgIpc) is 2.54. The minimum Gasteiger partial charge on any atom is -0.450 e. The number of hydrogen-bond acceptors (Lipinski definition) is 4. The van der Waals surface area contributed by atoms with Gasteiger partial charge in [-0.25, -0.2) is 4.79 Å². The highest BCUT2D eigenvalue weighted by Gasteiger charge is 2.27. The highest BCUT2D eigenvalue weighted by Crippen LogP contribution is 2.18. The lowest BCUT2D eigenvalue weighted by molar-refractivity contribution is -0.126. The number of likely N-dealkylation sites (tertiary alicyclic amines) is 1. The number of amides is 2. The van der Waals surface area contributed by atoms with Crippen LogP contribution < -0.4 is 5.32 Å². The van der Waals surface area contributed by atoms with Crippen LogP contribution in [0.4, 0.5) is 4.79 Å². The van der Waals surface area contributed by atoms with E-state index in [1.54, 1.807) is 24.2 Å². The van der Waals surface area contributed by atoms with E-state index in [1.807, 2.05) is 12.1 Å². The summed E-state index contributed by atoms with van der Waals surface area (Å²) in [6, 6.07) is 3.77. The van der Waals surface area contributed by atoms with Crippen LogP contribution in [0.1, 0.15) is 25.3 Å². The average molecular weight is 291 g/mol. The lowest BCUT2D eigenvalue weighted by Crippen LogP contribution is -2.43. The lowest BCUT2D eigenvalue weighted by atomic mass is 9.96. The number of ether oxygens (including phenoxy) is 1. The number of nitrogens with one attached hydrogen (secondary N) is 1. The molecular formula is C15H21N3O3. The van der Waals surface area contributed by atoms with Gasteiger partial charge in [0.2, 0.25) is 5.91 Å². The summed E-state index contributed by atoms with van der Waals surface area (Å²) in [5.74, 6) is 0.00899. The Balaban J connectivity index is 1.74. The van der Waals surface area contributed by atoms with Crippen LogP contribution in [0.5, 0.6) is 0 Å². The molecule has 1 aliphatic rings. The third-order valence-electron chi connectivity index (χ3n) is 3.58. The second-order valence-corrected chi connectivity index (χ2v) is 5.04. The Morgan fingerprint density at radius 1 is 1.43 bits per heavy atom. The van der Waals surface area contributed by atoms with Gasteiger partial charge in [0.15, 0.2) is 0 Å². The number of hydrogen-bond donors (Lipinski definition) is 1. The van der Waals surface area contributed by atoms with E-state index in [0.717, 1.165) is 5.56 Å². The topological polar surface area (TPSA) is 71.5 Å².